The molecule has 0 amide bonds. The molecule has 2 aromatic heterocycles. The average molecular weight is 195 g/mol. The second-order valence-corrected chi connectivity index (χ2v) is 3.00. The number of aryl methyl sites for hydroxylation is 1. The summed E-state index contributed by atoms with van der Waals surface area (Å²) in [5.74, 6) is 5.84. The summed E-state index contributed by atoms with van der Waals surface area (Å²) in [7, 11) is 0. The number of nitrogens with zero attached hydrogens (tertiary/aromatic N) is 3. The number of pyridine rings is 1. The molecule has 15 heavy (non-hydrogen) atoms. The van der Waals surface area contributed by atoms with E-state index in [1.807, 2.05) is 25.1 Å². The van der Waals surface area contributed by atoms with E-state index < -0.39 is 0 Å². The van der Waals surface area contributed by atoms with Crippen LogP contribution in [0.3, 0.4) is 0 Å². The van der Waals surface area contributed by atoms with Crippen molar-refractivity contribution in [3.63, 3.8) is 0 Å². The van der Waals surface area contributed by atoms with Gasteiger partial charge in [-0.25, -0.2) is 9.97 Å². The maximum atomic E-state index is 4.27. The predicted octanol–water partition coefficient (Wildman–Crippen LogP) is 1.58. The van der Waals surface area contributed by atoms with Gasteiger partial charge in [0.15, 0.2) is 0 Å². The molecule has 0 bridgehead atoms. The third-order valence-corrected chi connectivity index (χ3v) is 1.77. The molecular formula is C12H9N3. The lowest BCUT2D eigenvalue weighted by Gasteiger charge is -1.91. The van der Waals surface area contributed by atoms with Gasteiger partial charge >= 0.3 is 0 Å². The summed E-state index contributed by atoms with van der Waals surface area (Å²) in [5.41, 5.74) is 2.36. The fraction of sp³-hybridized carbons (Fsp3) is 0.0833. The second kappa shape index (κ2) is 4.34. The molecule has 0 spiro atoms. The summed E-state index contributed by atoms with van der Waals surface area (Å²) in [6.07, 6.45) is 4.87. The average Bonchev–Trinajstić information content (AvgIpc) is 2.28. The summed E-state index contributed by atoms with van der Waals surface area (Å²) < 4.78 is 0. The Labute approximate surface area is 88.2 Å². The summed E-state index contributed by atoms with van der Waals surface area (Å²) in [5, 5.41) is 0. The van der Waals surface area contributed by atoms with Crippen LogP contribution in [0, 0.1) is 18.8 Å². The predicted molar refractivity (Wildman–Crippen MR) is 57.0 cm³/mol. The molecule has 0 atom stereocenters. The molecule has 0 fully saturated rings. The van der Waals surface area contributed by atoms with Gasteiger partial charge in [-0.3, -0.25) is 4.98 Å². The normalized spacial score (nSPS) is 9.13. The lowest BCUT2D eigenvalue weighted by molar-refractivity contribution is 1.17. The number of hydrogen-bond donors (Lipinski definition) is 0. The Morgan fingerprint density at radius 2 is 1.93 bits per heavy atom. The molecule has 0 saturated heterocycles. The largest absolute Gasteiger partial charge is 0.260 e. The molecule has 3 nitrogen and oxygen atoms in total. The third-order valence-electron chi connectivity index (χ3n) is 1.77. The van der Waals surface area contributed by atoms with Crippen molar-refractivity contribution in [2.75, 3.05) is 0 Å². The van der Waals surface area contributed by atoms with E-state index in [0.29, 0.717) is 5.69 Å². The molecule has 0 aromatic carbocycles. The molecule has 0 aliphatic heterocycles. The Hall–Kier alpha value is -2.21. The number of hydrogen-bond acceptors (Lipinski definition) is 3. The van der Waals surface area contributed by atoms with E-state index in [0.717, 1.165) is 11.4 Å². The Bertz CT molecular complexity index is 509. The van der Waals surface area contributed by atoms with Gasteiger partial charge in [0.2, 0.25) is 0 Å². The van der Waals surface area contributed by atoms with Gasteiger partial charge in [-0.15, -0.1) is 0 Å². The Morgan fingerprint density at radius 3 is 2.67 bits per heavy atom. The van der Waals surface area contributed by atoms with Crippen molar-refractivity contribution in [3.05, 3.63) is 53.9 Å². The van der Waals surface area contributed by atoms with Crippen LogP contribution in [0.5, 0.6) is 0 Å². The second-order valence-electron chi connectivity index (χ2n) is 3.00. The zero-order valence-corrected chi connectivity index (χ0v) is 8.31. The van der Waals surface area contributed by atoms with E-state index in [9.17, 15) is 0 Å². The van der Waals surface area contributed by atoms with Gasteiger partial charge in [0.25, 0.3) is 0 Å². The first kappa shape index (κ1) is 9.35. The summed E-state index contributed by atoms with van der Waals surface area (Å²) in [6.45, 7) is 1.94. The highest BCUT2D eigenvalue weighted by Crippen LogP contribution is 1.96. The van der Waals surface area contributed by atoms with E-state index in [2.05, 4.69) is 26.8 Å². The smallest absolute Gasteiger partial charge is 0.131 e. The molecular weight excluding hydrogens is 186 g/mol. The van der Waals surface area contributed by atoms with E-state index in [4.69, 9.17) is 0 Å². The van der Waals surface area contributed by atoms with Crippen molar-refractivity contribution in [2.45, 2.75) is 6.92 Å². The highest BCUT2D eigenvalue weighted by molar-refractivity contribution is 5.35. The van der Waals surface area contributed by atoms with Crippen LogP contribution in [0.4, 0.5) is 0 Å². The Kier molecular flexibility index (Phi) is 2.70. The van der Waals surface area contributed by atoms with Gasteiger partial charge in [0, 0.05) is 18.1 Å². The summed E-state index contributed by atoms with van der Waals surface area (Å²) in [4.78, 5) is 12.2. The molecule has 2 heterocycles. The van der Waals surface area contributed by atoms with E-state index >= 15 is 0 Å². The first-order valence-corrected chi connectivity index (χ1v) is 4.56. The van der Waals surface area contributed by atoms with Crippen molar-refractivity contribution in [1.29, 1.82) is 0 Å². The first-order chi connectivity index (χ1) is 7.34. The van der Waals surface area contributed by atoms with Gasteiger partial charge in [0.05, 0.1) is 6.20 Å². The van der Waals surface area contributed by atoms with Gasteiger partial charge in [-0.05, 0) is 30.9 Å². The highest BCUT2D eigenvalue weighted by Gasteiger charge is 1.89. The molecule has 3 heteroatoms. The summed E-state index contributed by atoms with van der Waals surface area (Å²) >= 11 is 0. The Balaban J connectivity index is 2.26. The molecule has 0 aliphatic carbocycles. The van der Waals surface area contributed by atoms with Crippen LogP contribution in [-0.4, -0.2) is 15.0 Å². The highest BCUT2D eigenvalue weighted by atomic mass is 14.8. The zero-order chi connectivity index (χ0) is 10.5. The van der Waals surface area contributed by atoms with Crippen LogP contribution in [0.2, 0.25) is 0 Å². The van der Waals surface area contributed by atoms with Gasteiger partial charge in [-0.2, -0.15) is 0 Å². The van der Waals surface area contributed by atoms with Gasteiger partial charge < -0.3 is 0 Å². The van der Waals surface area contributed by atoms with Crippen molar-refractivity contribution in [3.8, 4) is 11.8 Å². The maximum absolute atomic E-state index is 4.27. The minimum Gasteiger partial charge on any atom is -0.260 e. The van der Waals surface area contributed by atoms with Gasteiger partial charge in [-0.1, -0.05) is 6.07 Å². The van der Waals surface area contributed by atoms with Crippen LogP contribution in [0.1, 0.15) is 17.1 Å². The number of rotatable bonds is 0. The molecule has 2 aromatic rings. The van der Waals surface area contributed by atoms with E-state index in [1.165, 1.54) is 0 Å². The van der Waals surface area contributed by atoms with Crippen molar-refractivity contribution < 1.29 is 0 Å². The lowest BCUT2D eigenvalue weighted by Crippen LogP contribution is -1.86. The van der Waals surface area contributed by atoms with Crippen molar-refractivity contribution >= 4 is 0 Å². The first-order valence-electron chi connectivity index (χ1n) is 4.56. The van der Waals surface area contributed by atoms with Crippen LogP contribution in [0.15, 0.2) is 36.8 Å². The molecule has 0 unspecified atom stereocenters. The summed E-state index contributed by atoms with van der Waals surface area (Å²) in [6, 6.07) is 5.74. The fourth-order valence-electron chi connectivity index (χ4n) is 1.10. The molecule has 0 saturated carbocycles. The lowest BCUT2D eigenvalue weighted by atomic mass is 10.3. The molecule has 0 N–H and O–H groups in total. The van der Waals surface area contributed by atoms with E-state index in [-0.39, 0.29) is 0 Å². The van der Waals surface area contributed by atoms with Crippen LogP contribution < -0.4 is 0 Å². The minimum atomic E-state index is 0.654. The minimum absolute atomic E-state index is 0.654. The monoisotopic (exact) mass is 195 g/mol. The third kappa shape index (κ3) is 2.61. The topological polar surface area (TPSA) is 38.7 Å². The number of aromatic nitrogens is 3. The van der Waals surface area contributed by atoms with Crippen LogP contribution in [0.25, 0.3) is 0 Å². The molecule has 2 rings (SSSR count). The standard InChI is InChI=1S/C12H9N3/c1-10-3-2-4-11(15-10)5-6-12-9-13-7-8-14-12/h2-4,7-9H,1H3. The maximum Gasteiger partial charge on any atom is 0.131 e. The SMILES string of the molecule is Cc1cccc(C#Cc2cnccn2)n1. The molecule has 0 radical (unpaired) electrons. The Morgan fingerprint density at radius 1 is 1.07 bits per heavy atom. The molecule has 0 aliphatic rings. The quantitative estimate of drug-likeness (QED) is 0.599. The molecule has 72 valence electrons. The van der Waals surface area contributed by atoms with E-state index in [1.54, 1.807) is 18.6 Å². The fourth-order valence-corrected chi connectivity index (χ4v) is 1.10. The van der Waals surface area contributed by atoms with Crippen LogP contribution in [-0.2, 0) is 0 Å². The zero-order valence-electron chi connectivity index (χ0n) is 8.31. The van der Waals surface area contributed by atoms with Crippen molar-refractivity contribution in [1.82, 2.24) is 15.0 Å². The van der Waals surface area contributed by atoms with Crippen molar-refractivity contribution in [2.24, 2.45) is 0 Å². The van der Waals surface area contributed by atoms with Crippen LogP contribution >= 0.6 is 0 Å². The van der Waals surface area contributed by atoms with Gasteiger partial charge in [0.1, 0.15) is 11.4 Å².